The molecule has 1 aromatic carbocycles. The Labute approximate surface area is 226 Å². The van der Waals surface area contributed by atoms with Gasteiger partial charge >= 0.3 is 0 Å². The van der Waals surface area contributed by atoms with Crippen LogP contribution in [0, 0.1) is 29.3 Å². The third kappa shape index (κ3) is 5.84. The van der Waals surface area contributed by atoms with Gasteiger partial charge in [-0.1, -0.05) is 0 Å². The van der Waals surface area contributed by atoms with Gasteiger partial charge in [-0.2, -0.15) is 4.98 Å². The molecule has 11 heteroatoms. The molecule has 2 atom stereocenters. The number of hydrogen-bond acceptors (Lipinski definition) is 7. The standard InChI is InChI=1S/C28H37F3N6O2/c1-27(2,38)15-5-8-18(9-6-15)33-25-32-14-22-24(36-25)37(19-10-7-16(11-19)28(3,4)39)26(34-22)35-23-20(30)12-17(29)13-21(23)31/h12-16,18-19,38-39H,5-11H2,1-4H3,(H,34,35)(H,32,33,36)/t15?,16-,18?,19?/m1/s1. The summed E-state index contributed by atoms with van der Waals surface area (Å²) in [5, 5.41) is 27.1. The van der Waals surface area contributed by atoms with Gasteiger partial charge in [0, 0.05) is 24.2 Å². The molecule has 0 radical (unpaired) electrons. The maximum Gasteiger partial charge on any atom is 0.224 e. The number of imidazole rings is 1. The zero-order valence-electron chi connectivity index (χ0n) is 22.8. The van der Waals surface area contributed by atoms with Crippen LogP contribution in [0.5, 0.6) is 0 Å². The Bertz CT molecular complexity index is 1320. The number of anilines is 3. The summed E-state index contributed by atoms with van der Waals surface area (Å²) in [6, 6.07) is 1.26. The third-order valence-corrected chi connectivity index (χ3v) is 8.51. The lowest BCUT2D eigenvalue weighted by Crippen LogP contribution is -2.37. The minimum absolute atomic E-state index is 0.0255. The summed E-state index contributed by atoms with van der Waals surface area (Å²) >= 11 is 0. The molecule has 0 aliphatic heterocycles. The van der Waals surface area contributed by atoms with Crippen molar-refractivity contribution in [3.63, 3.8) is 0 Å². The van der Waals surface area contributed by atoms with E-state index in [0.29, 0.717) is 35.7 Å². The summed E-state index contributed by atoms with van der Waals surface area (Å²) in [5.41, 5.74) is -1.13. The fraction of sp³-hybridized carbons (Fsp3) is 0.607. The first kappa shape index (κ1) is 27.6. The minimum atomic E-state index is -1.07. The molecule has 2 fully saturated rings. The Morgan fingerprint density at radius 3 is 2.08 bits per heavy atom. The quantitative estimate of drug-likeness (QED) is 0.295. The van der Waals surface area contributed by atoms with Gasteiger partial charge in [0.25, 0.3) is 0 Å². The Balaban J connectivity index is 1.47. The molecular formula is C28H37F3N6O2. The van der Waals surface area contributed by atoms with Crippen molar-refractivity contribution in [1.82, 2.24) is 19.5 Å². The van der Waals surface area contributed by atoms with E-state index in [9.17, 15) is 23.4 Å². The second-order valence-electron chi connectivity index (χ2n) is 12.2. The van der Waals surface area contributed by atoms with Crippen LogP contribution in [0.2, 0.25) is 0 Å². The maximum atomic E-state index is 14.5. The summed E-state index contributed by atoms with van der Waals surface area (Å²) in [7, 11) is 0. The van der Waals surface area contributed by atoms with Gasteiger partial charge in [-0.25, -0.2) is 23.1 Å². The van der Waals surface area contributed by atoms with Crippen molar-refractivity contribution in [3.05, 3.63) is 35.8 Å². The van der Waals surface area contributed by atoms with Gasteiger partial charge < -0.3 is 20.8 Å². The van der Waals surface area contributed by atoms with Gasteiger partial charge in [-0.3, -0.25) is 4.57 Å². The van der Waals surface area contributed by atoms with Crippen LogP contribution in [0.15, 0.2) is 18.3 Å². The summed E-state index contributed by atoms with van der Waals surface area (Å²) in [6.45, 7) is 7.27. The van der Waals surface area contributed by atoms with E-state index in [1.165, 1.54) is 0 Å². The summed E-state index contributed by atoms with van der Waals surface area (Å²) in [5.74, 6) is -2.27. The molecule has 212 valence electrons. The fourth-order valence-electron chi connectivity index (χ4n) is 6.13. The van der Waals surface area contributed by atoms with Crippen LogP contribution in [0.1, 0.15) is 78.7 Å². The molecule has 0 saturated heterocycles. The Morgan fingerprint density at radius 1 is 0.872 bits per heavy atom. The molecule has 5 rings (SSSR count). The Morgan fingerprint density at radius 2 is 1.49 bits per heavy atom. The van der Waals surface area contributed by atoms with Gasteiger partial charge in [-0.05, 0) is 84.5 Å². The highest BCUT2D eigenvalue weighted by Crippen LogP contribution is 2.43. The van der Waals surface area contributed by atoms with Crippen LogP contribution >= 0.6 is 0 Å². The molecule has 2 heterocycles. The number of nitrogens with one attached hydrogen (secondary N) is 2. The van der Waals surface area contributed by atoms with Crippen LogP contribution in [-0.2, 0) is 0 Å². The number of hydrogen-bond donors (Lipinski definition) is 4. The number of aliphatic hydroxyl groups is 2. The molecule has 2 aromatic heterocycles. The molecule has 8 nitrogen and oxygen atoms in total. The molecule has 0 amide bonds. The highest BCUT2D eigenvalue weighted by molar-refractivity contribution is 5.76. The lowest BCUT2D eigenvalue weighted by Gasteiger charge is -2.36. The first-order valence-corrected chi connectivity index (χ1v) is 13.7. The largest absolute Gasteiger partial charge is 0.390 e. The molecule has 39 heavy (non-hydrogen) atoms. The van der Waals surface area contributed by atoms with Crippen LogP contribution < -0.4 is 10.6 Å². The number of fused-ring (bicyclic) bond motifs is 1. The lowest BCUT2D eigenvalue weighted by atomic mass is 9.77. The zero-order chi connectivity index (χ0) is 28.1. The number of benzene rings is 1. The predicted octanol–water partition coefficient (Wildman–Crippen LogP) is 5.84. The zero-order valence-corrected chi connectivity index (χ0v) is 22.8. The first-order valence-electron chi connectivity index (χ1n) is 13.7. The van der Waals surface area contributed by atoms with Crippen molar-refractivity contribution >= 4 is 28.7 Å². The number of aromatic nitrogens is 4. The van der Waals surface area contributed by atoms with Crippen LogP contribution in [0.3, 0.4) is 0 Å². The molecule has 3 aromatic rings. The molecule has 2 saturated carbocycles. The van der Waals surface area contributed by atoms with Crippen molar-refractivity contribution in [3.8, 4) is 0 Å². The van der Waals surface area contributed by atoms with Crippen LogP contribution in [0.25, 0.3) is 11.2 Å². The van der Waals surface area contributed by atoms with E-state index in [2.05, 4.69) is 20.6 Å². The van der Waals surface area contributed by atoms with Gasteiger partial charge in [-0.15, -0.1) is 0 Å². The van der Waals surface area contributed by atoms with Crippen molar-refractivity contribution < 1.29 is 23.4 Å². The molecule has 2 aliphatic rings. The topological polar surface area (TPSA) is 108 Å². The first-order chi connectivity index (χ1) is 18.3. The van der Waals surface area contributed by atoms with E-state index >= 15 is 0 Å². The van der Waals surface area contributed by atoms with Gasteiger partial charge in [0.2, 0.25) is 11.9 Å². The van der Waals surface area contributed by atoms with Gasteiger partial charge in [0.05, 0.1) is 17.4 Å². The molecule has 0 bridgehead atoms. The predicted molar refractivity (Wildman–Crippen MR) is 143 cm³/mol. The minimum Gasteiger partial charge on any atom is -0.390 e. The van der Waals surface area contributed by atoms with Crippen molar-refractivity contribution in [2.45, 2.75) is 95.9 Å². The summed E-state index contributed by atoms with van der Waals surface area (Å²) in [4.78, 5) is 13.8. The number of halogens is 3. The molecule has 2 aliphatic carbocycles. The number of nitrogens with zero attached hydrogens (tertiary/aromatic N) is 4. The molecule has 4 N–H and O–H groups in total. The second-order valence-corrected chi connectivity index (χ2v) is 12.2. The van der Waals surface area contributed by atoms with E-state index in [0.717, 1.165) is 38.5 Å². The van der Waals surface area contributed by atoms with Crippen molar-refractivity contribution in [2.75, 3.05) is 10.6 Å². The lowest BCUT2D eigenvalue weighted by molar-refractivity contribution is -0.000426. The highest BCUT2D eigenvalue weighted by Gasteiger charge is 2.37. The van der Waals surface area contributed by atoms with E-state index in [1.54, 1.807) is 20.0 Å². The van der Waals surface area contributed by atoms with E-state index in [1.807, 2.05) is 18.4 Å². The van der Waals surface area contributed by atoms with Crippen molar-refractivity contribution in [1.29, 1.82) is 0 Å². The van der Waals surface area contributed by atoms with E-state index in [-0.39, 0.29) is 29.9 Å². The summed E-state index contributed by atoms with van der Waals surface area (Å²) < 4.78 is 44.4. The normalized spacial score (nSPS) is 24.3. The van der Waals surface area contributed by atoms with Crippen LogP contribution in [0.4, 0.5) is 30.8 Å². The fourth-order valence-corrected chi connectivity index (χ4v) is 6.13. The molecule has 1 unspecified atom stereocenters. The van der Waals surface area contributed by atoms with Gasteiger partial charge in [0.1, 0.15) is 17.0 Å². The third-order valence-electron chi connectivity index (χ3n) is 8.51. The van der Waals surface area contributed by atoms with E-state index in [4.69, 9.17) is 4.98 Å². The number of rotatable bonds is 7. The maximum absolute atomic E-state index is 14.5. The van der Waals surface area contributed by atoms with Crippen LogP contribution in [-0.4, -0.2) is 47.0 Å². The smallest absolute Gasteiger partial charge is 0.224 e. The summed E-state index contributed by atoms with van der Waals surface area (Å²) in [6.07, 6.45) is 7.24. The average molecular weight is 547 g/mol. The molecular weight excluding hydrogens is 509 g/mol. The monoisotopic (exact) mass is 546 g/mol. The second kappa shape index (κ2) is 10.2. The SMILES string of the molecule is CC(C)(O)C1CCC(Nc2ncc3nc(Nc4c(F)cc(F)cc4F)n(C4CC[C@@H](C(C)(C)O)C4)c3n2)CC1. The highest BCUT2D eigenvalue weighted by atomic mass is 19.1. The molecule has 0 spiro atoms. The Kier molecular flexibility index (Phi) is 7.26. The Hall–Kier alpha value is -2.92. The van der Waals surface area contributed by atoms with Gasteiger partial charge in [0.15, 0.2) is 17.3 Å². The van der Waals surface area contributed by atoms with Crippen molar-refractivity contribution in [2.24, 2.45) is 11.8 Å². The average Bonchev–Trinajstić information content (AvgIpc) is 3.45. The van der Waals surface area contributed by atoms with E-state index < -0.39 is 34.3 Å².